The highest BCUT2D eigenvalue weighted by Crippen LogP contribution is 2.29. The Kier molecular flexibility index (Phi) is 4.14. The molecule has 1 heterocycles. The summed E-state index contributed by atoms with van der Waals surface area (Å²) in [6.45, 7) is 2.48. The topological polar surface area (TPSA) is 50.9 Å². The highest BCUT2D eigenvalue weighted by molar-refractivity contribution is 9.10. The van der Waals surface area contributed by atoms with Crippen molar-refractivity contribution in [2.24, 2.45) is 0 Å². The van der Waals surface area contributed by atoms with Gasteiger partial charge in [0.1, 0.15) is 18.3 Å². The van der Waals surface area contributed by atoms with Crippen molar-refractivity contribution in [3.05, 3.63) is 47.0 Å². The smallest absolute Gasteiger partial charge is 0.137 e. The average Bonchev–Trinajstić information content (AvgIpc) is 2.82. The van der Waals surface area contributed by atoms with Crippen molar-refractivity contribution in [2.45, 2.75) is 31.9 Å². The van der Waals surface area contributed by atoms with Gasteiger partial charge in [0.25, 0.3) is 0 Å². The first-order valence-corrected chi connectivity index (χ1v) is 6.74. The summed E-state index contributed by atoms with van der Waals surface area (Å²) in [6.07, 6.45) is 4.70. The molecule has 96 valence electrons. The second-order valence-electron chi connectivity index (χ2n) is 4.38. The van der Waals surface area contributed by atoms with Crippen LogP contribution in [0.5, 0.6) is 0 Å². The lowest BCUT2D eigenvalue weighted by molar-refractivity contribution is 0.00552. The summed E-state index contributed by atoms with van der Waals surface area (Å²) in [5.74, 6) is 0. The largest absolute Gasteiger partial charge is 0.383 e. The minimum atomic E-state index is -0.900. The summed E-state index contributed by atoms with van der Waals surface area (Å²) < 4.78 is 2.67. The zero-order valence-electron chi connectivity index (χ0n) is 10.3. The van der Waals surface area contributed by atoms with Gasteiger partial charge in [-0.05, 0) is 24.1 Å². The molecule has 2 aromatic rings. The highest BCUT2D eigenvalue weighted by Gasteiger charge is 2.29. The molecular weight excluding hydrogens is 294 g/mol. The third-order valence-electron chi connectivity index (χ3n) is 2.94. The first kappa shape index (κ1) is 13.2. The van der Waals surface area contributed by atoms with Gasteiger partial charge in [0.05, 0.1) is 6.54 Å². The fourth-order valence-corrected chi connectivity index (χ4v) is 2.34. The highest BCUT2D eigenvalue weighted by atomic mass is 79.9. The fraction of sp³-hybridized carbons (Fsp3) is 0.385. The van der Waals surface area contributed by atoms with E-state index in [9.17, 15) is 5.11 Å². The summed E-state index contributed by atoms with van der Waals surface area (Å²) >= 11 is 3.40. The van der Waals surface area contributed by atoms with E-state index in [0.717, 1.165) is 16.5 Å². The van der Waals surface area contributed by atoms with Gasteiger partial charge >= 0.3 is 0 Å². The molecule has 1 atom stereocenters. The third-order valence-corrected chi connectivity index (χ3v) is 3.46. The Balaban J connectivity index is 2.28. The van der Waals surface area contributed by atoms with Crippen molar-refractivity contribution >= 4 is 15.9 Å². The molecule has 0 aliphatic heterocycles. The molecule has 1 aromatic carbocycles. The lowest BCUT2D eigenvalue weighted by Gasteiger charge is -2.28. The van der Waals surface area contributed by atoms with Crippen LogP contribution in [0.3, 0.4) is 0 Å². The van der Waals surface area contributed by atoms with Gasteiger partial charge in [-0.15, -0.1) is 0 Å². The van der Waals surface area contributed by atoms with E-state index in [-0.39, 0.29) is 0 Å². The summed E-state index contributed by atoms with van der Waals surface area (Å²) in [6, 6.07) is 7.77. The van der Waals surface area contributed by atoms with Crippen LogP contribution in [0.4, 0.5) is 0 Å². The predicted octanol–water partition coefficient (Wildman–Crippen LogP) is 2.73. The first-order chi connectivity index (χ1) is 8.64. The summed E-state index contributed by atoms with van der Waals surface area (Å²) in [7, 11) is 0. The normalized spacial score (nSPS) is 14.4. The Labute approximate surface area is 115 Å². The molecule has 2 rings (SSSR count). The lowest BCUT2D eigenvalue weighted by Crippen LogP contribution is -2.31. The standard InChI is InChI=1S/C13H16BrN3O/c1-2-7-13(18,8-17-10-15-9-16-17)11-3-5-12(14)6-4-11/h3-6,9-10,18H,2,7-8H2,1H3. The summed E-state index contributed by atoms with van der Waals surface area (Å²) in [5.41, 5.74) is 0.00595. The molecule has 4 nitrogen and oxygen atoms in total. The second-order valence-corrected chi connectivity index (χ2v) is 5.30. The SMILES string of the molecule is CCCC(O)(Cn1cncn1)c1ccc(Br)cc1. The zero-order valence-corrected chi connectivity index (χ0v) is 11.8. The predicted molar refractivity (Wildman–Crippen MR) is 73.0 cm³/mol. The Morgan fingerprint density at radius 2 is 2.06 bits per heavy atom. The van der Waals surface area contributed by atoms with Gasteiger partial charge < -0.3 is 5.11 Å². The molecule has 0 aliphatic rings. The number of aromatic nitrogens is 3. The van der Waals surface area contributed by atoms with Crippen molar-refractivity contribution < 1.29 is 5.11 Å². The van der Waals surface area contributed by atoms with Crippen LogP contribution in [0.2, 0.25) is 0 Å². The Bertz CT molecular complexity index is 483. The van der Waals surface area contributed by atoms with Crippen molar-refractivity contribution in [3.63, 3.8) is 0 Å². The molecule has 0 aliphatic carbocycles. The van der Waals surface area contributed by atoms with Gasteiger partial charge in [-0.1, -0.05) is 41.4 Å². The van der Waals surface area contributed by atoms with Gasteiger partial charge in [0.15, 0.2) is 0 Å². The number of halogens is 1. The number of benzene rings is 1. The van der Waals surface area contributed by atoms with E-state index >= 15 is 0 Å². The van der Waals surface area contributed by atoms with Crippen molar-refractivity contribution in [1.29, 1.82) is 0 Å². The number of hydrogen-bond donors (Lipinski definition) is 1. The van der Waals surface area contributed by atoms with E-state index in [4.69, 9.17) is 0 Å². The van der Waals surface area contributed by atoms with Gasteiger partial charge in [-0.2, -0.15) is 5.10 Å². The van der Waals surface area contributed by atoms with E-state index in [1.54, 1.807) is 11.0 Å². The maximum absolute atomic E-state index is 10.8. The van der Waals surface area contributed by atoms with Crippen molar-refractivity contribution in [1.82, 2.24) is 14.8 Å². The molecule has 0 bridgehead atoms. The van der Waals surface area contributed by atoms with E-state index in [1.165, 1.54) is 6.33 Å². The fourth-order valence-electron chi connectivity index (χ4n) is 2.07. The minimum absolute atomic E-state index is 0.419. The maximum Gasteiger partial charge on any atom is 0.137 e. The molecular formula is C13H16BrN3O. The summed E-state index contributed by atoms with van der Waals surface area (Å²) in [5, 5.41) is 14.9. The van der Waals surface area contributed by atoms with Crippen LogP contribution < -0.4 is 0 Å². The number of hydrogen-bond acceptors (Lipinski definition) is 3. The minimum Gasteiger partial charge on any atom is -0.383 e. The molecule has 1 N–H and O–H groups in total. The van der Waals surface area contributed by atoms with E-state index in [1.807, 2.05) is 24.3 Å². The van der Waals surface area contributed by atoms with Gasteiger partial charge in [-0.3, -0.25) is 0 Å². The molecule has 0 spiro atoms. The van der Waals surface area contributed by atoms with E-state index < -0.39 is 5.60 Å². The van der Waals surface area contributed by atoms with Gasteiger partial charge in [-0.25, -0.2) is 9.67 Å². The van der Waals surface area contributed by atoms with Gasteiger partial charge in [0.2, 0.25) is 0 Å². The second kappa shape index (κ2) is 5.63. The number of aliphatic hydroxyl groups is 1. The summed E-state index contributed by atoms with van der Waals surface area (Å²) in [4.78, 5) is 3.91. The Morgan fingerprint density at radius 3 is 2.61 bits per heavy atom. The Hall–Kier alpha value is -1.20. The van der Waals surface area contributed by atoms with Crippen LogP contribution in [-0.2, 0) is 12.1 Å². The van der Waals surface area contributed by atoms with Crippen LogP contribution in [0, 0.1) is 0 Å². The van der Waals surface area contributed by atoms with Crippen LogP contribution in [0.25, 0.3) is 0 Å². The molecule has 1 unspecified atom stereocenters. The van der Waals surface area contributed by atoms with E-state index in [0.29, 0.717) is 13.0 Å². The molecule has 5 heteroatoms. The quantitative estimate of drug-likeness (QED) is 0.924. The molecule has 0 amide bonds. The molecule has 18 heavy (non-hydrogen) atoms. The first-order valence-electron chi connectivity index (χ1n) is 5.95. The molecule has 0 saturated carbocycles. The van der Waals surface area contributed by atoms with Gasteiger partial charge in [0, 0.05) is 4.47 Å². The molecule has 0 fully saturated rings. The van der Waals surface area contributed by atoms with Crippen molar-refractivity contribution in [3.8, 4) is 0 Å². The molecule has 0 radical (unpaired) electrons. The number of rotatable bonds is 5. The monoisotopic (exact) mass is 309 g/mol. The zero-order chi connectivity index (χ0) is 13.0. The molecule has 0 saturated heterocycles. The van der Waals surface area contributed by atoms with Crippen LogP contribution in [0.15, 0.2) is 41.4 Å². The number of nitrogens with zero attached hydrogens (tertiary/aromatic N) is 3. The lowest BCUT2D eigenvalue weighted by atomic mass is 9.89. The van der Waals surface area contributed by atoms with Crippen LogP contribution >= 0.6 is 15.9 Å². The average molecular weight is 310 g/mol. The van der Waals surface area contributed by atoms with Crippen LogP contribution in [-0.4, -0.2) is 19.9 Å². The Morgan fingerprint density at radius 1 is 1.33 bits per heavy atom. The van der Waals surface area contributed by atoms with Crippen LogP contribution in [0.1, 0.15) is 25.3 Å². The maximum atomic E-state index is 10.8. The van der Waals surface area contributed by atoms with E-state index in [2.05, 4.69) is 32.9 Å². The molecule has 1 aromatic heterocycles. The van der Waals surface area contributed by atoms with Crippen molar-refractivity contribution in [2.75, 3.05) is 0 Å². The third kappa shape index (κ3) is 2.97.